The van der Waals surface area contributed by atoms with Crippen LogP contribution in [0.25, 0.3) is 0 Å². The Morgan fingerprint density at radius 3 is 2.32 bits per heavy atom. The topological polar surface area (TPSA) is 76.2 Å². The molecule has 2 aliphatic heterocycles. The summed E-state index contributed by atoms with van der Waals surface area (Å²) in [7, 11) is 0. The van der Waals surface area contributed by atoms with Gasteiger partial charge in [0.2, 0.25) is 5.91 Å². The van der Waals surface area contributed by atoms with Gasteiger partial charge in [0.15, 0.2) is 6.10 Å². The third kappa shape index (κ3) is 4.52. The number of aryl methyl sites for hydroxylation is 1. The van der Waals surface area contributed by atoms with Crippen molar-refractivity contribution in [3.8, 4) is 0 Å². The van der Waals surface area contributed by atoms with Gasteiger partial charge in [0.05, 0.1) is 18.1 Å². The van der Waals surface area contributed by atoms with Gasteiger partial charge < -0.3 is 19.3 Å². The molecule has 0 N–H and O–H groups in total. The quantitative estimate of drug-likeness (QED) is 0.737. The number of carbonyl (C=O) groups is 3. The Labute approximate surface area is 165 Å². The first-order chi connectivity index (χ1) is 13.2. The highest BCUT2D eigenvalue weighted by molar-refractivity contribution is 5.99. The SMILES string of the molecule is Cc1ccc(N2CC(C(=O)OC(C)C(=O)N3CC(C)OC(C)C3)CC2=O)cc1. The fraction of sp³-hybridized carbons (Fsp3) is 0.571. The lowest BCUT2D eigenvalue weighted by Gasteiger charge is -2.36. The standard InChI is InChI=1S/C21H28N2O5/c1-13-5-7-18(8-6-13)23-12-17(9-19(23)24)21(26)28-16(4)20(25)22-10-14(2)27-15(3)11-22/h5-8,14-17H,9-12H2,1-4H3. The Kier molecular flexibility index (Phi) is 6.03. The third-order valence-electron chi connectivity index (χ3n) is 5.18. The maximum absolute atomic E-state index is 12.6. The zero-order valence-electron chi connectivity index (χ0n) is 16.9. The van der Waals surface area contributed by atoms with Crippen LogP contribution in [0, 0.1) is 12.8 Å². The highest BCUT2D eigenvalue weighted by Crippen LogP contribution is 2.26. The minimum absolute atomic E-state index is 0.0499. The predicted molar refractivity (Wildman–Crippen MR) is 104 cm³/mol. The van der Waals surface area contributed by atoms with E-state index in [1.54, 1.807) is 16.7 Å². The van der Waals surface area contributed by atoms with E-state index in [0.717, 1.165) is 11.3 Å². The summed E-state index contributed by atoms with van der Waals surface area (Å²) in [6.07, 6.45) is -0.884. The molecular formula is C21H28N2O5. The van der Waals surface area contributed by atoms with Gasteiger partial charge in [0.25, 0.3) is 5.91 Å². The van der Waals surface area contributed by atoms with Gasteiger partial charge in [-0.15, -0.1) is 0 Å². The molecule has 0 aromatic heterocycles. The predicted octanol–water partition coefficient (Wildman–Crippen LogP) is 1.92. The third-order valence-corrected chi connectivity index (χ3v) is 5.18. The summed E-state index contributed by atoms with van der Waals surface area (Å²) in [6, 6.07) is 7.60. The first-order valence-electron chi connectivity index (χ1n) is 9.76. The minimum Gasteiger partial charge on any atom is -0.452 e. The van der Waals surface area contributed by atoms with Crippen LogP contribution in [-0.4, -0.2) is 60.6 Å². The summed E-state index contributed by atoms with van der Waals surface area (Å²) < 4.78 is 11.1. The molecule has 3 rings (SSSR count). The number of esters is 1. The number of ether oxygens (including phenoxy) is 2. The van der Waals surface area contributed by atoms with Crippen molar-refractivity contribution < 1.29 is 23.9 Å². The number of amides is 2. The molecule has 4 unspecified atom stereocenters. The van der Waals surface area contributed by atoms with Gasteiger partial charge in [0.1, 0.15) is 0 Å². The van der Waals surface area contributed by atoms with Crippen molar-refractivity contribution in [3.63, 3.8) is 0 Å². The average Bonchev–Trinajstić information content (AvgIpc) is 3.02. The minimum atomic E-state index is -0.881. The Morgan fingerprint density at radius 2 is 1.71 bits per heavy atom. The molecule has 0 bridgehead atoms. The molecule has 0 saturated carbocycles. The van der Waals surface area contributed by atoms with Crippen molar-refractivity contribution in [2.45, 2.75) is 52.4 Å². The molecule has 4 atom stereocenters. The average molecular weight is 388 g/mol. The highest BCUT2D eigenvalue weighted by atomic mass is 16.5. The van der Waals surface area contributed by atoms with Crippen molar-refractivity contribution >= 4 is 23.5 Å². The number of nitrogens with zero attached hydrogens (tertiary/aromatic N) is 2. The van der Waals surface area contributed by atoms with Crippen LogP contribution in [-0.2, 0) is 23.9 Å². The molecule has 2 amide bonds. The molecule has 7 heteroatoms. The van der Waals surface area contributed by atoms with Crippen LogP contribution in [0.5, 0.6) is 0 Å². The number of anilines is 1. The summed E-state index contributed by atoms with van der Waals surface area (Å²) in [5.41, 5.74) is 1.87. The monoisotopic (exact) mass is 388 g/mol. The maximum atomic E-state index is 12.6. The van der Waals surface area contributed by atoms with Crippen molar-refractivity contribution in [2.24, 2.45) is 5.92 Å². The second-order valence-electron chi connectivity index (χ2n) is 7.82. The molecule has 0 radical (unpaired) electrons. The first kappa shape index (κ1) is 20.3. The number of hydrogen-bond acceptors (Lipinski definition) is 5. The van der Waals surface area contributed by atoms with Crippen molar-refractivity contribution in [3.05, 3.63) is 29.8 Å². The zero-order valence-corrected chi connectivity index (χ0v) is 16.9. The molecule has 2 saturated heterocycles. The van der Waals surface area contributed by atoms with Crippen LogP contribution < -0.4 is 4.90 Å². The number of rotatable bonds is 4. The first-order valence-corrected chi connectivity index (χ1v) is 9.76. The number of carbonyl (C=O) groups excluding carboxylic acids is 3. The van der Waals surface area contributed by atoms with Gasteiger partial charge in [0, 0.05) is 31.7 Å². The lowest BCUT2D eigenvalue weighted by molar-refractivity contribution is -0.166. The van der Waals surface area contributed by atoms with E-state index in [2.05, 4.69) is 0 Å². The molecule has 0 aliphatic carbocycles. The largest absolute Gasteiger partial charge is 0.452 e. The Morgan fingerprint density at radius 1 is 1.11 bits per heavy atom. The van der Waals surface area contributed by atoms with E-state index >= 15 is 0 Å². The fourth-order valence-electron chi connectivity index (χ4n) is 3.78. The lowest BCUT2D eigenvalue weighted by Crippen LogP contribution is -2.51. The highest BCUT2D eigenvalue weighted by Gasteiger charge is 2.38. The second kappa shape index (κ2) is 8.31. The van der Waals surface area contributed by atoms with Gasteiger partial charge in [-0.25, -0.2) is 0 Å². The van der Waals surface area contributed by atoms with Crippen LogP contribution in [0.15, 0.2) is 24.3 Å². The van der Waals surface area contributed by atoms with E-state index in [-0.39, 0.29) is 37.0 Å². The van der Waals surface area contributed by atoms with Crippen LogP contribution in [0.1, 0.15) is 32.8 Å². The molecule has 7 nitrogen and oxygen atoms in total. The molecule has 1 aromatic carbocycles. The van der Waals surface area contributed by atoms with E-state index in [1.165, 1.54) is 0 Å². The smallest absolute Gasteiger partial charge is 0.312 e. The summed E-state index contributed by atoms with van der Waals surface area (Å²) in [6.45, 7) is 8.62. The van der Waals surface area contributed by atoms with E-state index < -0.39 is 18.0 Å². The van der Waals surface area contributed by atoms with E-state index in [0.29, 0.717) is 13.1 Å². The van der Waals surface area contributed by atoms with Gasteiger partial charge in [-0.05, 0) is 39.8 Å². The van der Waals surface area contributed by atoms with Crippen molar-refractivity contribution in [1.82, 2.24) is 4.90 Å². The Balaban J connectivity index is 1.57. The molecule has 2 fully saturated rings. The van der Waals surface area contributed by atoms with Crippen molar-refractivity contribution in [2.75, 3.05) is 24.5 Å². The fourth-order valence-corrected chi connectivity index (χ4v) is 3.78. The summed E-state index contributed by atoms with van der Waals surface area (Å²) in [4.78, 5) is 40.8. The Hall–Kier alpha value is -2.41. The molecule has 0 spiro atoms. The Bertz CT molecular complexity index is 738. The lowest BCUT2D eigenvalue weighted by atomic mass is 10.1. The second-order valence-corrected chi connectivity index (χ2v) is 7.82. The summed E-state index contributed by atoms with van der Waals surface area (Å²) in [5, 5.41) is 0. The van der Waals surface area contributed by atoms with Gasteiger partial charge in [-0.3, -0.25) is 14.4 Å². The molecular weight excluding hydrogens is 360 g/mol. The zero-order chi connectivity index (χ0) is 20.4. The van der Waals surface area contributed by atoms with E-state index in [9.17, 15) is 14.4 Å². The number of hydrogen-bond donors (Lipinski definition) is 0. The maximum Gasteiger partial charge on any atom is 0.312 e. The van der Waals surface area contributed by atoms with Gasteiger partial charge in [-0.2, -0.15) is 0 Å². The summed E-state index contributed by atoms with van der Waals surface area (Å²) >= 11 is 0. The molecule has 1 aromatic rings. The van der Waals surface area contributed by atoms with Crippen LogP contribution in [0.4, 0.5) is 5.69 Å². The van der Waals surface area contributed by atoms with E-state index in [4.69, 9.17) is 9.47 Å². The van der Waals surface area contributed by atoms with Crippen LogP contribution in [0.2, 0.25) is 0 Å². The van der Waals surface area contributed by atoms with Crippen LogP contribution >= 0.6 is 0 Å². The van der Waals surface area contributed by atoms with Crippen molar-refractivity contribution in [1.29, 1.82) is 0 Å². The normalized spacial score (nSPS) is 26.3. The molecule has 2 aliphatic rings. The summed E-state index contributed by atoms with van der Waals surface area (Å²) in [5.74, 6) is -1.40. The van der Waals surface area contributed by atoms with Crippen LogP contribution in [0.3, 0.4) is 0 Å². The van der Waals surface area contributed by atoms with Gasteiger partial charge >= 0.3 is 5.97 Å². The molecule has 152 valence electrons. The molecule has 28 heavy (non-hydrogen) atoms. The number of benzene rings is 1. The van der Waals surface area contributed by atoms with E-state index in [1.807, 2.05) is 45.0 Å². The van der Waals surface area contributed by atoms with Gasteiger partial charge in [-0.1, -0.05) is 17.7 Å². The number of morpholine rings is 1. The molecule has 2 heterocycles.